The second-order valence-corrected chi connectivity index (χ2v) is 7.83. The molecule has 7 heteroatoms. The number of rotatable bonds is 6. The van der Waals surface area contributed by atoms with Crippen LogP contribution in [-0.2, 0) is 6.54 Å². The zero-order chi connectivity index (χ0) is 22.1. The number of nitrogens with one attached hydrogen (secondary N) is 2. The fourth-order valence-corrected chi connectivity index (χ4v) is 4.03. The quantitative estimate of drug-likeness (QED) is 0.384. The summed E-state index contributed by atoms with van der Waals surface area (Å²) in [6.45, 7) is 5.27. The first kappa shape index (κ1) is 19.9. The maximum absolute atomic E-state index is 14.5. The summed E-state index contributed by atoms with van der Waals surface area (Å²) in [6.07, 6.45) is 3.29. The molecule has 0 unspecified atom stereocenters. The molecule has 3 heterocycles. The van der Waals surface area contributed by atoms with Crippen molar-refractivity contribution in [2.24, 2.45) is 0 Å². The lowest BCUT2D eigenvalue weighted by molar-refractivity contribution is 0.621. The molecule has 5 aromatic rings. The number of aromatic amines is 1. The van der Waals surface area contributed by atoms with Crippen LogP contribution in [0.25, 0.3) is 33.4 Å². The van der Waals surface area contributed by atoms with Gasteiger partial charge in [-0.3, -0.25) is 5.10 Å². The molecule has 0 atom stereocenters. The lowest BCUT2D eigenvalue weighted by atomic mass is 10.1. The first-order valence-corrected chi connectivity index (χ1v) is 10.5. The molecular weight excluding hydrogens is 403 g/mol. The third-order valence-electron chi connectivity index (χ3n) is 5.74. The fraction of sp³-hybridized carbons (Fsp3) is 0.160. The number of anilines is 1. The van der Waals surface area contributed by atoms with E-state index < -0.39 is 0 Å². The van der Waals surface area contributed by atoms with Gasteiger partial charge >= 0.3 is 0 Å². The second kappa shape index (κ2) is 8.26. The van der Waals surface area contributed by atoms with Gasteiger partial charge < -0.3 is 9.88 Å². The second-order valence-electron chi connectivity index (χ2n) is 7.83. The van der Waals surface area contributed by atoms with Crippen molar-refractivity contribution in [2.45, 2.75) is 20.4 Å². The Hall–Kier alpha value is -4.00. The van der Waals surface area contributed by atoms with Gasteiger partial charge in [0.1, 0.15) is 18.0 Å². The highest BCUT2D eigenvalue weighted by molar-refractivity contribution is 5.85. The van der Waals surface area contributed by atoms with Gasteiger partial charge in [0.05, 0.1) is 16.9 Å². The molecule has 32 heavy (non-hydrogen) atoms. The third-order valence-corrected chi connectivity index (χ3v) is 5.74. The van der Waals surface area contributed by atoms with Crippen LogP contribution >= 0.6 is 0 Å². The van der Waals surface area contributed by atoms with Crippen molar-refractivity contribution < 1.29 is 4.39 Å². The van der Waals surface area contributed by atoms with Gasteiger partial charge in [0.25, 0.3) is 0 Å². The predicted octanol–water partition coefficient (Wildman–Crippen LogP) is 5.36. The van der Waals surface area contributed by atoms with Crippen LogP contribution < -0.4 is 5.32 Å². The van der Waals surface area contributed by atoms with Gasteiger partial charge in [0.2, 0.25) is 0 Å². The molecule has 2 aromatic carbocycles. The summed E-state index contributed by atoms with van der Waals surface area (Å²) in [6, 6.07) is 17.4. The molecule has 6 nitrogen and oxygen atoms in total. The molecular formula is C25H23FN6. The van der Waals surface area contributed by atoms with E-state index in [1.807, 2.05) is 66.9 Å². The summed E-state index contributed by atoms with van der Waals surface area (Å²) in [5.41, 5.74) is 6.65. The van der Waals surface area contributed by atoms with E-state index in [0.29, 0.717) is 18.6 Å². The van der Waals surface area contributed by atoms with Gasteiger partial charge in [-0.25, -0.2) is 14.4 Å². The van der Waals surface area contributed by atoms with Crippen LogP contribution in [0.2, 0.25) is 0 Å². The summed E-state index contributed by atoms with van der Waals surface area (Å²) >= 11 is 0. The molecule has 2 N–H and O–H groups in total. The summed E-state index contributed by atoms with van der Waals surface area (Å²) in [4.78, 5) is 8.75. The number of aryl methyl sites for hydroxylation is 2. The molecule has 0 fully saturated rings. The van der Waals surface area contributed by atoms with E-state index in [0.717, 1.165) is 45.0 Å². The van der Waals surface area contributed by atoms with Crippen molar-refractivity contribution in [1.29, 1.82) is 0 Å². The zero-order valence-electron chi connectivity index (χ0n) is 17.9. The van der Waals surface area contributed by atoms with Crippen LogP contribution in [0.4, 0.5) is 10.2 Å². The Morgan fingerprint density at radius 3 is 2.56 bits per heavy atom. The van der Waals surface area contributed by atoms with Gasteiger partial charge in [0, 0.05) is 42.0 Å². The van der Waals surface area contributed by atoms with E-state index in [9.17, 15) is 4.39 Å². The molecule has 0 saturated heterocycles. The average molecular weight is 426 g/mol. The van der Waals surface area contributed by atoms with Crippen molar-refractivity contribution in [3.05, 3.63) is 84.2 Å². The lowest BCUT2D eigenvalue weighted by Crippen LogP contribution is -2.13. The number of H-pyrrole nitrogens is 1. The largest absolute Gasteiger partial charge is 0.368 e. The number of benzene rings is 2. The van der Waals surface area contributed by atoms with E-state index in [2.05, 4.69) is 25.5 Å². The number of fused-ring (bicyclic) bond motifs is 1. The molecule has 160 valence electrons. The van der Waals surface area contributed by atoms with Gasteiger partial charge in [-0.05, 0) is 43.2 Å². The van der Waals surface area contributed by atoms with Gasteiger partial charge in [-0.2, -0.15) is 5.10 Å². The van der Waals surface area contributed by atoms with Crippen LogP contribution in [0.1, 0.15) is 11.3 Å². The molecule has 0 aliphatic carbocycles. The number of halogens is 1. The van der Waals surface area contributed by atoms with Crippen molar-refractivity contribution >= 4 is 16.7 Å². The first-order chi connectivity index (χ1) is 15.6. The number of aromatic nitrogens is 5. The van der Waals surface area contributed by atoms with Crippen LogP contribution in [0.15, 0.2) is 67.1 Å². The number of hydrogen-bond donors (Lipinski definition) is 2. The standard InChI is InChI=1S/C25H23FN6/c1-16-3-8-21(26)25-20(16)13-17(2)32(25)12-11-27-24-14-23(28-15-29-24)19-6-4-18(5-7-19)22-9-10-30-31-22/h3-10,13-15H,11-12H2,1-2H3,(H,30,31)(H,27,28,29). The van der Waals surface area contributed by atoms with Crippen LogP contribution in [0, 0.1) is 19.7 Å². The minimum Gasteiger partial charge on any atom is -0.368 e. The normalized spacial score (nSPS) is 11.2. The van der Waals surface area contributed by atoms with E-state index in [1.54, 1.807) is 12.5 Å². The number of hydrogen-bond acceptors (Lipinski definition) is 4. The lowest BCUT2D eigenvalue weighted by Gasteiger charge is -2.11. The number of nitrogens with zero attached hydrogens (tertiary/aromatic N) is 4. The maximum Gasteiger partial charge on any atom is 0.147 e. The first-order valence-electron chi connectivity index (χ1n) is 10.5. The molecule has 0 spiro atoms. The molecule has 0 amide bonds. The van der Waals surface area contributed by atoms with Gasteiger partial charge in [-0.1, -0.05) is 30.3 Å². The molecule has 3 aromatic heterocycles. The van der Waals surface area contributed by atoms with Gasteiger partial charge in [-0.15, -0.1) is 0 Å². The van der Waals surface area contributed by atoms with E-state index in [1.165, 1.54) is 6.07 Å². The molecule has 0 saturated carbocycles. The molecule has 0 aliphatic rings. The SMILES string of the molecule is Cc1ccc(F)c2c1cc(C)n2CCNc1cc(-c2ccc(-c3ccn[nH]3)cc2)ncn1. The Morgan fingerprint density at radius 1 is 0.969 bits per heavy atom. The van der Waals surface area contributed by atoms with E-state index in [-0.39, 0.29) is 5.82 Å². The summed E-state index contributed by atoms with van der Waals surface area (Å²) in [5, 5.41) is 11.3. The summed E-state index contributed by atoms with van der Waals surface area (Å²) < 4.78 is 16.5. The van der Waals surface area contributed by atoms with Crippen LogP contribution in [0.5, 0.6) is 0 Å². The Bertz CT molecular complexity index is 1370. The highest BCUT2D eigenvalue weighted by atomic mass is 19.1. The monoisotopic (exact) mass is 426 g/mol. The van der Waals surface area contributed by atoms with Crippen molar-refractivity contribution in [1.82, 2.24) is 24.7 Å². The minimum absolute atomic E-state index is 0.193. The Kier molecular flexibility index (Phi) is 5.15. The Morgan fingerprint density at radius 2 is 1.78 bits per heavy atom. The van der Waals surface area contributed by atoms with Crippen molar-refractivity contribution in [2.75, 3.05) is 11.9 Å². The van der Waals surface area contributed by atoms with Crippen molar-refractivity contribution in [3.63, 3.8) is 0 Å². The maximum atomic E-state index is 14.5. The highest BCUT2D eigenvalue weighted by Gasteiger charge is 2.12. The zero-order valence-corrected chi connectivity index (χ0v) is 17.9. The fourth-order valence-electron chi connectivity index (χ4n) is 4.03. The molecule has 0 radical (unpaired) electrons. The van der Waals surface area contributed by atoms with Crippen LogP contribution in [-0.4, -0.2) is 31.3 Å². The smallest absolute Gasteiger partial charge is 0.147 e. The van der Waals surface area contributed by atoms with Gasteiger partial charge in [0.15, 0.2) is 0 Å². The Balaban J connectivity index is 1.31. The molecule has 5 rings (SSSR count). The minimum atomic E-state index is -0.193. The van der Waals surface area contributed by atoms with Crippen LogP contribution in [0.3, 0.4) is 0 Å². The van der Waals surface area contributed by atoms with E-state index in [4.69, 9.17) is 0 Å². The summed E-state index contributed by atoms with van der Waals surface area (Å²) in [7, 11) is 0. The highest BCUT2D eigenvalue weighted by Crippen LogP contribution is 2.26. The average Bonchev–Trinajstić information content (AvgIpc) is 3.46. The predicted molar refractivity (Wildman–Crippen MR) is 125 cm³/mol. The van der Waals surface area contributed by atoms with E-state index >= 15 is 0 Å². The molecule has 0 bridgehead atoms. The summed E-state index contributed by atoms with van der Waals surface area (Å²) in [5.74, 6) is 0.542. The third kappa shape index (κ3) is 3.73. The Labute approximate surface area is 185 Å². The van der Waals surface area contributed by atoms with Crippen molar-refractivity contribution in [3.8, 4) is 22.5 Å². The topological polar surface area (TPSA) is 71.4 Å². The molecule has 0 aliphatic heterocycles.